The second-order valence-electron chi connectivity index (χ2n) is 10.2. The predicted molar refractivity (Wildman–Crippen MR) is 93.5 cm³/mol. The van der Waals surface area contributed by atoms with Crippen LogP contribution in [0.1, 0.15) is 77.0 Å². The summed E-state index contributed by atoms with van der Waals surface area (Å²) in [7, 11) is 0. The molecule has 0 saturated heterocycles. The van der Waals surface area contributed by atoms with Crippen molar-refractivity contribution in [2.24, 2.45) is 35.5 Å². The molecule has 3 nitrogen and oxygen atoms in total. The molecule has 8 atom stereocenters. The molecule has 2 N–H and O–H groups in total. The lowest BCUT2D eigenvalue weighted by atomic mass is 9.74. The zero-order valence-electron chi connectivity index (χ0n) is 14.9. The van der Waals surface area contributed by atoms with Crippen LogP contribution in [0.5, 0.6) is 0 Å². The van der Waals surface area contributed by atoms with Crippen LogP contribution in [0.15, 0.2) is 0 Å². The molecule has 0 aromatic rings. The van der Waals surface area contributed by atoms with Crippen molar-refractivity contribution in [3.05, 3.63) is 0 Å². The van der Waals surface area contributed by atoms with E-state index in [0.29, 0.717) is 0 Å². The highest BCUT2D eigenvalue weighted by Gasteiger charge is 2.63. The van der Waals surface area contributed by atoms with Crippen LogP contribution in [0.25, 0.3) is 0 Å². The minimum absolute atomic E-state index is 0.176. The maximum Gasteiger partial charge on any atom is 0.315 e. The molecule has 4 bridgehead atoms. The van der Waals surface area contributed by atoms with E-state index in [1.165, 1.54) is 77.0 Å². The Morgan fingerprint density at radius 1 is 0.708 bits per heavy atom. The molecule has 6 aliphatic rings. The van der Waals surface area contributed by atoms with Crippen LogP contribution < -0.4 is 10.6 Å². The number of amides is 2. The van der Waals surface area contributed by atoms with Gasteiger partial charge in [-0.3, -0.25) is 0 Å². The second-order valence-corrected chi connectivity index (χ2v) is 10.2. The fraction of sp³-hybridized carbons (Fsp3) is 0.952. The van der Waals surface area contributed by atoms with E-state index in [1.807, 2.05) is 0 Å². The van der Waals surface area contributed by atoms with Crippen LogP contribution in [0.2, 0.25) is 0 Å². The highest BCUT2D eigenvalue weighted by molar-refractivity contribution is 5.76. The van der Waals surface area contributed by atoms with E-state index in [2.05, 4.69) is 10.6 Å². The summed E-state index contributed by atoms with van der Waals surface area (Å²) in [5, 5.41) is 7.26. The van der Waals surface area contributed by atoms with Gasteiger partial charge in [0.15, 0.2) is 0 Å². The van der Waals surface area contributed by atoms with Crippen molar-refractivity contribution in [3.63, 3.8) is 0 Å². The summed E-state index contributed by atoms with van der Waals surface area (Å²) in [5.41, 5.74) is 0.352. The first kappa shape index (κ1) is 14.4. The fourth-order valence-corrected chi connectivity index (χ4v) is 9.11. The molecule has 6 rings (SSSR count). The first-order chi connectivity index (χ1) is 11.7. The van der Waals surface area contributed by atoms with Gasteiger partial charge >= 0.3 is 6.03 Å². The van der Waals surface area contributed by atoms with Crippen LogP contribution >= 0.6 is 0 Å². The number of fused-ring (bicyclic) bond motifs is 10. The predicted octanol–water partition coefficient (Wildman–Crippen LogP) is 4.22. The molecule has 0 aliphatic heterocycles. The third-order valence-electron chi connectivity index (χ3n) is 9.77. The number of urea groups is 1. The lowest BCUT2D eigenvalue weighted by Crippen LogP contribution is -2.63. The summed E-state index contributed by atoms with van der Waals surface area (Å²) < 4.78 is 0. The van der Waals surface area contributed by atoms with Crippen molar-refractivity contribution in [1.82, 2.24) is 10.6 Å². The van der Waals surface area contributed by atoms with Gasteiger partial charge in [0, 0.05) is 11.1 Å². The highest BCUT2D eigenvalue weighted by atomic mass is 16.2. The normalized spacial score (nSPS) is 56.5. The molecular weight excluding hydrogens is 296 g/mol. The van der Waals surface area contributed by atoms with Crippen molar-refractivity contribution in [1.29, 1.82) is 0 Å². The Morgan fingerprint density at radius 3 is 1.71 bits per heavy atom. The summed E-state index contributed by atoms with van der Waals surface area (Å²) in [6, 6.07) is 0.203. The van der Waals surface area contributed by atoms with Gasteiger partial charge in [0.2, 0.25) is 0 Å². The second kappa shape index (κ2) is 4.71. The van der Waals surface area contributed by atoms with Crippen molar-refractivity contribution in [2.45, 2.75) is 88.1 Å². The van der Waals surface area contributed by atoms with Gasteiger partial charge < -0.3 is 10.6 Å². The van der Waals surface area contributed by atoms with Gasteiger partial charge in [-0.1, -0.05) is 12.8 Å². The molecule has 6 fully saturated rings. The minimum Gasteiger partial charge on any atom is -0.332 e. The Bertz CT molecular complexity index is 528. The summed E-state index contributed by atoms with van der Waals surface area (Å²) in [4.78, 5) is 13.2. The molecule has 6 saturated carbocycles. The maximum atomic E-state index is 13.2. The third-order valence-corrected chi connectivity index (χ3v) is 9.77. The molecule has 0 heterocycles. The molecule has 0 unspecified atom stereocenters. The molecule has 132 valence electrons. The number of rotatable bonds is 2. The Labute approximate surface area is 145 Å². The van der Waals surface area contributed by atoms with Crippen molar-refractivity contribution < 1.29 is 4.79 Å². The quantitative estimate of drug-likeness (QED) is 0.783. The van der Waals surface area contributed by atoms with Crippen molar-refractivity contribution in [3.8, 4) is 0 Å². The summed E-state index contributed by atoms with van der Waals surface area (Å²) in [6.07, 6.45) is 16.2. The lowest BCUT2D eigenvalue weighted by Gasteiger charge is -2.44. The maximum absolute atomic E-state index is 13.2. The lowest BCUT2D eigenvalue weighted by molar-refractivity contribution is 0.131. The van der Waals surface area contributed by atoms with Gasteiger partial charge in [-0.15, -0.1) is 0 Å². The summed E-state index contributed by atoms with van der Waals surface area (Å²) in [6.45, 7) is 0. The number of carbonyl (C=O) groups is 1. The Balaban J connectivity index is 1.23. The van der Waals surface area contributed by atoms with Crippen LogP contribution in [0, 0.1) is 35.5 Å². The zero-order chi connectivity index (χ0) is 15.9. The number of hydrogen-bond donors (Lipinski definition) is 2. The molecule has 0 aromatic carbocycles. The smallest absolute Gasteiger partial charge is 0.315 e. The number of nitrogens with one attached hydrogen (secondary N) is 2. The van der Waals surface area contributed by atoms with Crippen LogP contribution in [-0.2, 0) is 0 Å². The first-order valence-corrected chi connectivity index (χ1v) is 10.8. The molecule has 3 heteroatoms. The molecule has 0 aromatic heterocycles. The summed E-state index contributed by atoms with van der Waals surface area (Å²) in [5.74, 6) is 4.96. The largest absolute Gasteiger partial charge is 0.332 e. The first-order valence-electron chi connectivity index (χ1n) is 10.8. The molecule has 6 aliphatic carbocycles. The molecular formula is C21H32N2O. The van der Waals surface area contributed by atoms with E-state index in [1.54, 1.807) is 0 Å². The number of carbonyl (C=O) groups excluding carboxylic acids is 1. The van der Waals surface area contributed by atoms with E-state index in [0.717, 1.165) is 35.5 Å². The average Bonchev–Trinajstić information content (AvgIpc) is 3.34. The molecule has 0 spiro atoms. The van der Waals surface area contributed by atoms with E-state index in [9.17, 15) is 4.79 Å². The summed E-state index contributed by atoms with van der Waals surface area (Å²) >= 11 is 0. The van der Waals surface area contributed by atoms with Gasteiger partial charge in [0.25, 0.3) is 0 Å². The van der Waals surface area contributed by atoms with Crippen molar-refractivity contribution >= 4 is 6.03 Å². The van der Waals surface area contributed by atoms with Gasteiger partial charge in [0.1, 0.15) is 0 Å². The van der Waals surface area contributed by atoms with Gasteiger partial charge in [0.05, 0.1) is 0 Å². The average molecular weight is 329 g/mol. The number of hydrogen-bond acceptors (Lipinski definition) is 1. The van der Waals surface area contributed by atoms with Gasteiger partial charge in [-0.2, -0.15) is 0 Å². The molecule has 24 heavy (non-hydrogen) atoms. The van der Waals surface area contributed by atoms with Crippen LogP contribution in [0.3, 0.4) is 0 Å². The SMILES string of the molecule is O=C(N[C@@]12CCC[C@@H]1[C@H]1CC[C@H]2C1)N[C@@]12CCC[C@H]1[C@@H]1CC[C@@H]2C1. The monoisotopic (exact) mass is 328 g/mol. The van der Waals surface area contributed by atoms with Crippen LogP contribution in [0.4, 0.5) is 4.79 Å². The topological polar surface area (TPSA) is 41.1 Å². The van der Waals surface area contributed by atoms with Crippen molar-refractivity contribution in [2.75, 3.05) is 0 Å². The van der Waals surface area contributed by atoms with Gasteiger partial charge in [-0.05, 0) is 99.7 Å². The van der Waals surface area contributed by atoms with E-state index in [4.69, 9.17) is 0 Å². The van der Waals surface area contributed by atoms with E-state index < -0.39 is 0 Å². The van der Waals surface area contributed by atoms with Crippen LogP contribution in [-0.4, -0.2) is 17.1 Å². The van der Waals surface area contributed by atoms with E-state index >= 15 is 0 Å². The highest BCUT2D eigenvalue weighted by Crippen LogP contribution is 2.62. The Kier molecular flexibility index (Phi) is 2.83. The minimum atomic E-state index is 0.176. The Hall–Kier alpha value is -0.730. The zero-order valence-corrected chi connectivity index (χ0v) is 14.9. The standard InChI is InChI=1S/C21H32N2O/c24-19(22-20-9-1-3-17(20)13-5-7-15(20)11-13)23-21-10-2-4-18(21)14-6-8-16(21)12-14/h13-18H,1-12H2,(H2,22,23,24)/t13-,14+,15-,16+,17+,18-,20-,21-/m1/s1. The molecule has 0 radical (unpaired) electrons. The molecule has 2 amide bonds. The van der Waals surface area contributed by atoms with E-state index in [-0.39, 0.29) is 17.1 Å². The van der Waals surface area contributed by atoms with Gasteiger partial charge in [-0.25, -0.2) is 4.79 Å². The Morgan fingerprint density at radius 2 is 1.21 bits per heavy atom. The fourth-order valence-electron chi connectivity index (χ4n) is 9.11. The third kappa shape index (κ3) is 1.63.